The number of hydrogen-bond donors (Lipinski definition) is 1. The summed E-state index contributed by atoms with van der Waals surface area (Å²) in [6, 6.07) is 17.2. The summed E-state index contributed by atoms with van der Waals surface area (Å²) in [6.45, 7) is 4.81. The highest BCUT2D eigenvalue weighted by atomic mass is 35.5. The topological polar surface area (TPSA) is 63.1 Å². The summed E-state index contributed by atoms with van der Waals surface area (Å²) in [7, 11) is 0. The van der Waals surface area contributed by atoms with Crippen LogP contribution in [0.1, 0.15) is 25.6 Å². The number of carbonyl (C=O) groups is 1. The molecule has 2 aromatic carbocycles. The van der Waals surface area contributed by atoms with Gasteiger partial charge in [0.1, 0.15) is 0 Å². The number of carbonyl (C=O) groups excluding carboxylic acids is 1. The molecular formula is C22H24ClN5OS. The minimum Gasteiger partial charge on any atom is -0.325 e. The molecule has 0 radical (unpaired) electrons. The van der Waals surface area contributed by atoms with Gasteiger partial charge in [-0.15, -0.1) is 10.2 Å². The molecule has 30 heavy (non-hydrogen) atoms. The standard InChI is InChI=1S/C22H24ClN5OS/c1-16(21(29)24-18-11-9-17(23)10-12-18)30-22-26-25-20(15-27-13-5-6-14-27)28(22)19-7-3-2-4-8-19/h2-4,7-12,16H,5-6,13-15H2,1H3,(H,24,29). The van der Waals surface area contributed by atoms with Gasteiger partial charge in [-0.25, -0.2) is 0 Å². The van der Waals surface area contributed by atoms with E-state index >= 15 is 0 Å². The van der Waals surface area contributed by atoms with E-state index in [-0.39, 0.29) is 11.2 Å². The van der Waals surface area contributed by atoms with Gasteiger partial charge in [0.2, 0.25) is 5.91 Å². The zero-order valence-corrected chi connectivity index (χ0v) is 18.4. The minimum atomic E-state index is -0.341. The quantitative estimate of drug-likeness (QED) is 0.541. The first-order valence-electron chi connectivity index (χ1n) is 10.1. The molecule has 1 saturated heterocycles. The van der Waals surface area contributed by atoms with Crippen molar-refractivity contribution in [3.8, 4) is 5.69 Å². The van der Waals surface area contributed by atoms with Crippen LogP contribution in [-0.4, -0.2) is 43.9 Å². The number of rotatable bonds is 7. The Morgan fingerprint density at radius 2 is 1.80 bits per heavy atom. The molecule has 1 aliphatic rings. The van der Waals surface area contributed by atoms with Crippen molar-refractivity contribution in [2.45, 2.75) is 36.7 Å². The fourth-order valence-electron chi connectivity index (χ4n) is 3.44. The molecule has 0 aliphatic carbocycles. The van der Waals surface area contributed by atoms with Gasteiger partial charge >= 0.3 is 0 Å². The molecule has 1 unspecified atom stereocenters. The fraction of sp³-hybridized carbons (Fsp3) is 0.318. The Labute approximate surface area is 185 Å². The van der Waals surface area contributed by atoms with Crippen molar-refractivity contribution in [3.63, 3.8) is 0 Å². The van der Waals surface area contributed by atoms with Crippen LogP contribution >= 0.6 is 23.4 Å². The number of anilines is 1. The summed E-state index contributed by atoms with van der Waals surface area (Å²) >= 11 is 7.33. The van der Waals surface area contributed by atoms with Gasteiger partial charge in [-0.1, -0.05) is 41.6 Å². The number of nitrogens with zero attached hydrogens (tertiary/aromatic N) is 4. The van der Waals surface area contributed by atoms with E-state index in [4.69, 9.17) is 11.6 Å². The second kappa shape index (κ2) is 9.64. The second-order valence-electron chi connectivity index (χ2n) is 7.31. The van der Waals surface area contributed by atoms with E-state index in [0.29, 0.717) is 10.2 Å². The van der Waals surface area contributed by atoms with Crippen molar-refractivity contribution in [3.05, 3.63) is 65.4 Å². The van der Waals surface area contributed by atoms with E-state index in [0.717, 1.165) is 36.8 Å². The summed E-state index contributed by atoms with van der Waals surface area (Å²) < 4.78 is 2.06. The highest BCUT2D eigenvalue weighted by Crippen LogP contribution is 2.27. The Hall–Kier alpha value is -2.35. The molecule has 0 spiro atoms. The lowest BCUT2D eigenvalue weighted by molar-refractivity contribution is -0.115. The third-order valence-corrected chi connectivity index (χ3v) is 6.34. The van der Waals surface area contributed by atoms with Gasteiger partial charge in [0.15, 0.2) is 11.0 Å². The van der Waals surface area contributed by atoms with Gasteiger partial charge in [0.25, 0.3) is 0 Å². The van der Waals surface area contributed by atoms with Crippen molar-refractivity contribution in [1.82, 2.24) is 19.7 Å². The Balaban J connectivity index is 1.53. The van der Waals surface area contributed by atoms with Gasteiger partial charge in [-0.05, 0) is 69.3 Å². The van der Waals surface area contributed by atoms with Crippen LogP contribution in [0.15, 0.2) is 59.8 Å². The number of likely N-dealkylation sites (tertiary alicyclic amines) is 1. The average Bonchev–Trinajstić information content (AvgIpc) is 3.41. The normalized spacial score (nSPS) is 15.3. The largest absolute Gasteiger partial charge is 0.325 e. The molecule has 0 bridgehead atoms. The number of aromatic nitrogens is 3. The van der Waals surface area contributed by atoms with Crippen LogP contribution in [0.3, 0.4) is 0 Å². The lowest BCUT2D eigenvalue weighted by Gasteiger charge is -2.17. The molecule has 2 heterocycles. The van der Waals surface area contributed by atoms with E-state index in [1.165, 1.54) is 24.6 Å². The molecule has 1 atom stereocenters. The van der Waals surface area contributed by atoms with Crippen molar-refractivity contribution < 1.29 is 4.79 Å². The number of amides is 1. The fourth-order valence-corrected chi connectivity index (χ4v) is 4.46. The number of hydrogen-bond acceptors (Lipinski definition) is 5. The van der Waals surface area contributed by atoms with E-state index in [1.807, 2.05) is 37.3 Å². The SMILES string of the molecule is CC(Sc1nnc(CN2CCCC2)n1-c1ccccc1)C(=O)Nc1ccc(Cl)cc1. The molecule has 8 heteroatoms. The van der Waals surface area contributed by atoms with E-state index in [1.54, 1.807) is 24.3 Å². The zero-order valence-electron chi connectivity index (χ0n) is 16.8. The number of para-hydroxylation sites is 1. The van der Waals surface area contributed by atoms with Gasteiger partial charge in [-0.3, -0.25) is 14.3 Å². The molecule has 0 saturated carbocycles. The van der Waals surface area contributed by atoms with E-state index in [2.05, 4.69) is 25.0 Å². The maximum Gasteiger partial charge on any atom is 0.237 e. The molecule has 4 rings (SSSR count). The van der Waals surface area contributed by atoms with Crippen molar-refractivity contribution in [1.29, 1.82) is 0 Å². The van der Waals surface area contributed by atoms with Gasteiger partial charge in [0.05, 0.1) is 11.8 Å². The summed E-state index contributed by atoms with van der Waals surface area (Å²) in [5.41, 5.74) is 1.72. The minimum absolute atomic E-state index is 0.0916. The van der Waals surface area contributed by atoms with Crippen LogP contribution in [0.2, 0.25) is 5.02 Å². The highest BCUT2D eigenvalue weighted by Gasteiger charge is 2.23. The van der Waals surface area contributed by atoms with Gasteiger partial charge < -0.3 is 5.32 Å². The number of thioether (sulfide) groups is 1. The Bertz CT molecular complexity index is 987. The highest BCUT2D eigenvalue weighted by molar-refractivity contribution is 8.00. The van der Waals surface area contributed by atoms with E-state index < -0.39 is 0 Å². The molecule has 1 N–H and O–H groups in total. The summed E-state index contributed by atoms with van der Waals surface area (Å²) in [6.07, 6.45) is 2.45. The molecule has 6 nitrogen and oxygen atoms in total. The van der Waals surface area contributed by atoms with Crippen LogP contribution in [0.4, 0.5) is 5.69 Å². The predicted molar refractivity (Wildman–Crippen MR) is 121 cm³/mol. The molecule has 1 amide bonds. The Morgan fingerprint density at radius 1 is 1.10 bits per heavy atom. The van der Waals surface area contributed by atoms with Crippen LogP contribution in [0, 0.1) is 0 Å². The summed E-state index contributed by atoms with van der Waals surface area (Å²) in [4.78, 5) is 15.1. The summed E-state index contributed by atoms with van der Waals surface area (Å²) in [5.74, 6) is 0.807. The average molecular weight is 442 g/mol. The molecule has 1 aromatic heterocycles. The smallest absolute Gasteiger partial charge is 0.237 e. The van der Waals surface area contributed by atoms with Crippen LogP contribution < -0.4 is 5.32 Å². The Kier molecular flexibility index (Phi) is 6.72. The number of nitrogens with one attached hydrogen (secondary N) is 1. The van der Waals surface area contributed by atoms with Crippen LogP contribution in [0.5, 0.6) is 0 Å². The van der Waals surface area contributed by atoms with Gasteiger partial charge in [-0.2, -0.15) is 0 Å². The Morgan fingerprint density at radius 3 is 2.50 bits per heavy atom. The molecule has 3 aromatic rings. The zero-order chi connectivity index (χ0) is 20.9. The van der Waals surface area contributed by atoms with Crippen molar-refractivity contribution in [2.75, 3.05) is 18.4 Å². The predicted octanol–water partition coefficient (Wildman–Crippen LogP) is 4.64. The monoisotopic (exact) mass is 441 g/mol. The maximum absolute atomic E-state index is 12.7. The first-order valence-corrected chi connectivity index (χ1v) is 11.3. The number of halogens is 1. The third kappa shape index (κ3) is 5.03. The van der Waals surface area contributed by atoms with Crippen molar-refractivity contribution >= 4 is 35.0 Å². The van der Waals surface area contributed by atoms with E-state index in [9.17, 15) is 4.79 Å². The molecular weight excluding hydrogens is 418 g/mol. The van der Waals surface area contributed by atoms with Gasteiger partial charge in [0, 0.05) is 16.4 Å². The first kappa shape index (κ1) is 20.9. The summed E-state index contributed by atoms with van der Waals surface area (Å²) in [5, 5.41) is 12.8. The third-order valence-electron chi connectivity index (χ3n) is 5.04. The van der Waals surface area contributed by atoms with Crippen LogP contribution in [-0.2, 0) is 11.3 Å². The van der Waals surface area contributed by atoms with Crippen molar-refractivity contribution in [2.24, 2.45) is 0 Å². The molecule has 1 fully saturated rings. The number of benzene rings is 2. The first-order chi connectivity index (χ1) is 14.6. The lowest BCUT2D eigenvalue weighted by atomic mass is 10.3. The maximum atomic E-state index is 12.7. The lowest BCUT2D eigenvalue weighted by Crippen LogP contribution is -2.23. The van der Waals surface area contributed by atoms with Crippen LogP contribution in [0.25, 0.3) is 5.69 Å². The second-order valence-corrected chi connectivity index (χ2v) is 9.05. The molecule has 156 valence electrons. The molecule has 1 aliphatic heterocycles.